The third-order valence-corrected chi connectivity index (χ3v) is 3.20. The highest BCUT2D eigenvalue weighted by atomic mass is 16.1. The number of H-pyrrole nitrogens is 1. The molecule has 0 spiro atoms. The third-order valence-electron chi connectivity index (χ3n) is 3.20. The Hall–Kier alpha value is -2.14. The standard InChI is InChI=1S/C13H14N4O/c14-6-11-13(16-7-15-11)9-1-3-10-8(5-9)2-4-12(18)17-10/h1,3,5,7H,2,4,6,14H2,(H,15,16)(H,17,18). The molecule has 0 saturated carbocycles. The van der Waals surface area contributed by atoms with E-state index in [1.54, 1.807) is 6.33 Å². The van der Waals surface area contributed by atoms with Gasteiger partial charge in [0.2, 0.25) is 5.91 Å². The van der Waals surface area contributed by atoms with Crippen LogP contribution in [-0.4, -0.2) is 15.9 Å². The fourth-order valence-corrected chi connectivity index (χ4v) is 2.26. The smallest absolute Gasteiger partial charge is 0.224 e. The fourth-order valence-electron chi connectivity index (χ4n) is 2.26. The SMILES string of the molecule is NCc1[nH]cnc1-c1ccc2c(c1)CCC(=O)N2. The van der Waals surface area contributed by atoms with E-state index in [0.717, 1.165) is 34.6 Å². The maximum absolute atomic E-state index is 11.3. The van der Waals surface area contributed by atoms with Crippen LogP contribution in [0.15, 0.2) is 24.5 Å². The van der Waals surface area contributed by atoms with E-state index in [0.29, 0.717) is 13.0 Å². The molecule has 1 aromatic carbocycles. The van der Waals surface area contributed by atoms with Crippen LogP contribution in [0.2, 0.25) is 0 Å². The Bertz CT molecular complexity index is 603. The number of nitrogens with zero attached hydrogens (tertiary/aromatic N) is 1. The number of fused-ring (bicyclic) bond motifs is 1. The first-order valence-corrected chi connectivity index (χ1v) is 5.93. The molecule has 92 valence electrons. The molecule has 0 aliphatic carbocycles. The molecule has 1 aliphatic heterocycles. The second-order valence-electron chi connectivity index (χ2n) is 4.35. The van der Waals surface area contributed by atoms with Crippen molar-refractivity contribution in [2.45, 2.75) is 19.4 Å². The number of anilines is 1. The van der Waals surface area contributed by atoms with Crippen LogP contribution >= 0.6 is 0 Å². The predicted molar refractivity (Wildman–Crippen MR) is 68.9 cm³/mol. The van der Waals surface area contributed by atoms with Crippen LogP contribution in [0.4, 0.5) is 5.69 Å². The number of carbonyl (C=O) groups excluding carboxylic acids is 1. The molecule has 0 atom stereocenters. The van der Waals surface area contributed by atoms with Gasteiger partial charge in [0.05, 0.1) is 17.7 Å². The molecular formula is C13H14N4O. The third kappa shape index (κ3) is 1.78. The summed E-state index contributed by atoms with van der Waals surface area (Å²) < 4.78 is 0. The van der Waals surface area contributed by atoms with E-state index < -0.39 is 0 Å². The quantitative estimate of drug-likeness (QED) is 0.744. The van der Waals surface area contributed by atoms with Crippen molar-refractivity contribution in [3.05, 3.63) is 35.8 Å². The number of hydrogen-bond donors (Lipinski definition) is 3. The number of benzene rings is 1. The molecule has 0 saturated heterocycles. The zero-order valence-electron chi connectivity index (χ0n) is 9.86. The summed E-state index contributed by atoms with van der Waals surface area (Å²) in [5.74, 6) is 0.0812. The Labute approximate surface area is 104 Å². The molecule has 1 aliphatic rings. The zero-order chi connectivity index (χ0) is 12.5. The minimum absolute atomic E-state index is 0.0812. The van der Waals surface area contributed by atoms with Gasteiger partial charge in [-0.1, -0.05) is 6.07 Å². The number of hydrogen-bond acceptors (Lipinski definition) is 3. The summed E-state index contributed by atoms with van der Waals surface area (Å²) in [5, 5.41) is 2.87. The first kappa shape index (κ1) is 11.0. The van der Waals surface area contributed by atoms with Crippen LogP contribution in [0.1, 0.15) is 17.7 Å². The van der Waals surface area contributed by atoms with Gasteiger partial charge < -0.3 is 16.0 Å². The number of aromatic nitrogens is 2. The first-order valence-electron chi connectivity index (χ1n) is 5.93. The molecule has 5 nitrogen and oxygen atoms in total. The van der Waals surface area contributed by atoms with Crippen LogP contribution in [0.25, 0.3) is 11.3 Å². The van der Waals surface area contributed by atoms with Crippen LogP contribution in [0.5, 0.6) is 0 Å². The van der Waals surface area contributed by atoms with Gasteiger partial charge in [-0.15, -0.1) is 0 Å². The molecule has 1 amide bonds. The second kappa shape index (κ2) is 4.27. The highest BCUT2D eigenvalue weighted by Crippen LogP contribution is 2.28. The van der Waals surface area contributed by atoms with Gasteiger partial charge in [-0.25, -0.2) is 4.98 Å². The molecule has 4 N–H and O–H groups in total. The first-order chi connectivity index (χ1) is 8.78. The van der Waals surface area contributed by atoms with Crippen LogP contribution in [0, 0.1) is 0 Å². The molecule has 0 unspecified atom stereocenters. The molecule has 0 radical (unpaired) electrons. The number of carbonyl (C=O) groups is 1. The van der Waals surface area contributed by atoms with Gasteiger partial charge in [0.15, 0.2) is 0 Å². The highest BCUT2D eigenvalue weighted by Gasteiger charge is 2.16. The van der Waals surface area contributed by atoms with Gasteiger partial charge in [-0.05, 0) is 24.1 Å². The summed E-state index contributed by atoms with van der Waals surface area (Å²) in [6, 6.07) is 5.96. The van der Waals surface area contributed by atoms with Crippen molar-refractivity contribution < 1.29 is 4.79 Å². The Kier molecular flexibility index (Phi) is 2.60. The monoisotopic (exact) mass is 242 g/mol. The molecule has 1 aromatic heterocycles. The summed E-state index contributed by atoms with van der Waals surface area (Å²) in [6.07, 6.45) is 2.97. The van der Waals surface area contributed by atoms with E-state index in [1.807, 2.05) is 12.1 Å². The normalized spacial score (nSPS) is 14.2. The maximum Gasteiger partial charge on any atom is 0.224 e. The molecule has 0 fully saturated rings. The average molecular weight is 242 g/mol. The van der Waals surface area contributed by atoms with Gasteiger partial charge in [-0.3, -0.25) is 4.79 Å². The van der Waals surface area contributed by atoms with Gasteiger partial charge in [-0.2, -0.15) is 0 Å². The van der Waals surface area contributed by atoms with Gasteiger partial charge in [0, 0.05) is 24.2 Å². The van der Waals surface area contributed by atoms with Crippen molar-refractivity contribution in [3.63, 3.8) is 0 Å². The lowest BCUT2D eigenvalue weighted by molar-refractivity contribution is -0.116. The van der Waals surface area contributed by atoms with E-state index in [1.165, 1.54) is 0 Å². The lowest BCUT2D eigenvalue weighted by Crippen LogP contribution is -2.18. The predicted octanol–water partition coefficient (Wildman–Crippen LogP) is 1.42. The molecule has 3 rings (SSSR count). The Balaban J connectivity index is 2.02. The minimum Gasteiger partial charge on any atom is -0.347 e. The van der Waals surface area contributed by atoms with E-state index in [4.69, 9.17) is 5.73 Å². The van der Waals surface area contributed by atoms with Crippen molar-refractivity contribution in [1.29, 1.82) is 0 Å². The fraction of sp³-hybridized carbons (Fsp3) is 0.231. The van der Waals surface area contributed by atoms with E-state index in [9.17, 15) is 4.79 Å². The number of imidazole rings is 1. The van der Waals surface area contributed by atoms with Crippen molar-refractivity contribution in [2.24, 2.45) is 5.73 Å². The van der Waals surface area contributed by atoms with Crippen molar-refractivity contribution in [1.82, 2.24) is 9.97 Å². The number of rotatable bonds is 2. The second-order valence-corrected chi connectivity index (χ2v) is 4.35. The van der Waals surface area contributed by atoms with Gasteiger partial charge in [0.25, 0.3) is 0 Å². The van der Waals surface area contributed by atoms with Crippen LogP contribution in [-0.2, 0) is 17.8 Å². The minimum atomic E-state index is 0.0812. The number of nitrogens with two attached hydrogens (primary N) is 1. The average Bonchev–Trinajstić information content (AvgIpc) is 2.86. The van der Waals surface area contributed by atoms with Crippen molar-refractivity contribution in [3.8, 4) is 11.3 Å². The highest BCUT2D eigenvalue weighted by molar-refractivity contribution is 5.94. The van der Waals surface area contributed by atoms with E-state index in [2.05, 4.69) is 21.4 Å². The molecule has 0 bridgehead atoms. The Morgan fingerprint density at radius 1 is 1.33 bits per heavy atom. The van der Waals surface area contributed by atoms with E-state index >= 15 is 0 Å². The van der Waals surface area contributed by atoms with Crippen LogP contribution < -0.4 is 11.1 Å². The van der Waals surface area contributed by atoms with Crippen molar-refractivity contribution >= 4 is 11.6 Å². The summed E-state index contributed by atoms with van der Waals surface area (Å²) >= 11 is 0. The van der Waals surface area contributed by atoms with Gasteiger partial charge in [0.1, 0.15) is 0 Å². The Morgan fingerprint density at radius 2 is 2.22 bits per heavy atom. The summed E-state index contributed by atoms with van der Waals surface area (Å²) in [6.45, 7) is 0.434. The Morgan fingerprint density at radius 3 is 3.06 bits per heavy atom. The topological polar surface area (TPSA) is 83.8 Å². The van der Waals surface area contributed by atoms with E-state index in [-0.39, 0.29) is 5.91 Å². The maximum atomic E-state index is 11.3. The summed E-state index contributed by atoms with van der Waals surface area (Å²) in [5.41, 5.74) is 10.6. The molecular weight excluding hydrogens is 228 g/mol. The van der Waals surface area contributed by atoms with Crippen molar-refractivity contribution in [2.75, 3.05) is 5.32 Å². The lowest BCUT2D eigenvalue weighted by atomic mass is 9.98. The molecule has 2 aromatic rings. The molecule has 2 heterocycles. The van der Waals surface area contributed by atoms with Gasteiger partial charge >= 0.3 is 0 Å². The summed E-state index contributed by atoms with van der Waals surface area (Å²) in [7, 11) is 0. The summed E-state index contributed by atoms with van der Waals surface area (Å²) in [4.78, 5) is 18.6. The number of aromatic amines is 1. The molecule has 18 heavy (non-hydrogen) atoms. The zero-order valence-corrected chi connectivity index (χ0v) is 9.86. The molecule has 5 heteroatoms. The lowest BCUT2D eigenvalue weighted by Gasteiger charge is -2.17. The largest absolute Gasteiger partial charge is 0.347 e. The number of nitrogens with one attached hydrogen (secondary N) is 2. The van der Waals surface area contributed by atoms with Crippen LogP contribution in [0.3, 0.4) is 0 Å². The number of amides is 1. The number of aryl methyl sites for hydroxylation is 1.